The van der Waals surface area contributed by atoms with Crippen LogP contribution in [-0.2, 0) is 6.42 Å². The molecule has 1 saturated heterocycles. The van der Waals surface area contributed by atoms with E-state index in [0.717, 1.165) is 12.0 Å². The molecule has 2 atom stereocenters. The summed E-state index contributed by atoms with van der Waals surface area (Å²) in [7, 11) is 0. The number of hydrogen-bond donors (Lipinski definition) is 1. The summed E-state index contributed by atoms with van der Waals surface area (Å²) in [4.78, 5) is 12.3. The van der Waals surface area contributed by atoms with Crippen molar-refractivity contribution >= 4 is 29.1 Å². The summed E-state index contributed by atoms with van der Waals surface area (Å²) in [6.07, 6.45) is 3.47. The average Bonchev–Trinajstić information content (AvgIpc) is 2.71. The minimum Gasteiger partial charge on any atom is -0.478 e. The molecule has 0 radical (unpaired) electrons. The second kappa shape index (κ2) is 3.00. The zero-order chi connectivity index (χ0) is 9.71. The fraction of sp³-hybridized carbons (Fsp3) is 0.500. The SMILES string of the molecule is O=C(O)c1csc2c1CC1CCC2S1. The van der Waals surface area contributed by atoms with E-state index in [1.54, 1.807) is 11.3 Å². The Kier molecular flexibility index (Phi) is 1.89. The van der Waals surface area contributed by atoms with Crippen LogP contribution in [0.4, 0.5) is 0 Å². The quantitative estimate of drug-likeness (QED) is 0.800. The maximum atomic E-state index is 11.0. The van der Waals surface area contributed by atoms with Gasteiger partial charge in [-0.2, -0.15) is 0 Å². The van der Waals surface area contributed by atoms with Crippen molar-refractivity contribution in [2.75, 3.05) is 0 Å². The average molecular weight is 226 g/mol. The number of carbonyl (C=O) groups is 1. The first-order valence-corrected chi connectivity index (χ1v) is 6.57. The highest BCUT2D eigenvalue weighted by Gasteiger charge is 2.36. The molecule has 0 saturated carbocycles. The zero-order valence-electron chi connectivity index (χ0n) is 7.53. The molecule has 3 heterocycles. The zero-order valence-corrected chi connectivity index (χ0v) is 9.16. The van der Waals surface area contributed by atoms with Gasteiger partial charge in [-0.05, 0) is 24.8 Å². The molecule has 2 nitrogen and oxygen atoms in total. The van der Waals surface area contributed by atoms with Gasteiger partial charge in [0.05, 0.1) is 5.56 Å². The number of rotatable bonds is 1. The minimum atomic E-state index is -0.756. The van der Waals surface area contributed by atoms with Gasteiger partial charge in [0.25, 0.3) is 0 Å². The van der Waals surface area contributed by atoms with Crippen LogP contribution in [0.25, 0.3) is 0 Å². The van der Waals surface area contributed by atoms with Crippen molar-refractivity contribution < 1.29 is 9.90 Å². The molecule has 14 heavy (non-hydrogen) atoms. The summed E-state index contributed by atoms with van der Waals surface area (Å²) >= 11 is 3.68. The number of aromatic carboxylic acids is 1. The maximum Gasteiger partial charge on any atom is 0.336 e. The van der Waals surface area contributed by atoms with Gasteiger partial charge in [0, 0.05) is 20.8 Å². The molecule has 1 N–H and O–H groups in total. The molecule has 2 bridgehead atoms. The van der Waals surface area contributed by atoms with Crippen molar-refractivity contribution in [2.24, 2.45) is 0 Å². The summed E-state index contributed by atoms with van der Waals surface area (Å²) < 4.78 is 0. The van der Waals surface area contributed by atoms with Crippen LogP contribution in [-0.4, -0.2) is 16.3 Å². The van der Waals surface area contributed by atoms with Crippen LogP contribution < -0.4 is 0 Å². The number of fused-ring (bicyclic) bond motifs is 4. The molecule has 2 aliphatic rings. The molecule has 1 aromatic heterocycles. The molecule has 0 aliphatic carbocycles. The summed E-state index contributed by atoms with van der Waals surface area (Å²) in [5, 5.41) is 12.1. The van der Waals surface area contributed by atoms with Crippen molar-refractivity contribution in [2.45, 2.75) is 29.8 Å². The van der Waals surface area contributed by atoms with Gasteiger partial charge in [-0.1, -0.05) is 0 Å². The summed E-state index contributed by atoms with van der Waals surface area (Å²) in [6.45, 7) is 0. The lowest BCUT2D eigenvalue weighted by Crippen LogP contribution is -2.10. The standard InChI is InChI=1S/C10H10O2S2/c11-10(12)7-4-13-9-6(7)3-5-1-2-8(9)14-5/h4-5,8H,1-3H2,(H,11,12). The Balaban J connectivity index is 2.11. The van der Waals surface area contributed by atoms with Gasteiger partial charge in [-0.25, -0.2) is 4.79 Å². The first kappa shape index (κ1) is 8.80. The molecular weight excluding hydrogens is 216 g/mol. The third kappa shape index (κ3) is 1.13. The van der Waals surface area contributed by atoms with E-state index < -0.39 is 5.97 Å². The molecule has 2 aliphatic heterocycles. The van der Waals surface area contributed by atoms with Crippen molar-refractivity contribution in [1.29, 1.82) is 0 Å². The molecule has 3 rings (SSSR count). The van der Waals surface area contributed by atoms with Crippen LogP contribution in [0.1, 0.15) is 38.9 Å². The van der Waals surface area contributed by atoms with E-state index in [-0.39, 0.29) is 0 Å². The van der Waals surface area contributed by atoms with Crippen LogP contribution in [0.15, 0.2) is 5.38 Å². The van der Waals surface area contributed by atoms with Crippen LogP contribution >= 0.6 is 23.1 Å². The molecular formula is C10H10O2S2. The van der Waals surface area contributed by atoms with E-state index in [2.05, 4.69) is 0 Å². The smallest absolute Gasteiger partial charge is 0.336 e. The number of thiophene rings is 1. The van der Waals surface area contributed by atoms with Crippen LogP contribution in [0.2, 0.25) is 0 Å². The fourth-order valence-corrected chi connectivity index (χ4v) is 5.30. The Labute approximate surface area is 90.3 Å². The minimum absolute atomic E-state index is 0.558. The molecule has 0 amide bonds. The highest BCUT2D eigenvalue weighted by molar-refractivity contribution is 8.00. The predicted octanol–water partition coefficient (Wildman–Crippen LogP) is 2.94. The molecule has 0 aromatic carbocycles. The second-order valence-electron chi connectivity index (χ2n) is 3.83. The lowest BCUT2D eigenvalue weighted by molar-refractivity contribution is 0.0696. The predicted molar refractivity (Wildman–Crippen MR) is 58.3 cm³/mol. The monoisotopic (exact) mass is 226 g/mol. The van der Waals surface area contributed by atoms with Crippen molar-refractivity contribution in [3.05, 3.63) is 21.4 Å². The second-order valence-corrected chi connectivity index (χ2v) is 6.24. The maximum absolute atomic E-state index is 11.0. The highest BCUT2D eigenvalue weighted by Crippen LogP contribution is 2.53. The summed E-state index contributed by atoms with van der Waals surface area (Å²) in [5.74, 6) is -0.756. The van der Waals surface area contributed by atoms with Crippen molar-refractivity contribution in [1.82, 2.24) is 0 Å². The van der Waals surface area contributed by atoms with Gasteiger partial charge < -0.3 is 5.11 Å². The molecule has 1 fully saturated rings. The Morgan fingerprint density at radius 2 is 2.36 bits per heavy atom. The van der Waals surface area contributed by atoms with Gasteiger partial charge in [0.15, 0.2) is 0 Å². The Hall–Kier alpha value is -0.480. The number of carboxylic acids is 1. The van der Waals surface area contributed by atoms with Gasteiger partial charge >= 0.3 is 5.97 Å². The Bertz CT molecular complexity index is 397. The molecule has 4 heteroatoms. The molecule has 0 spiro atoms. The fourth-order valence-electron chi connectivity index (χ4n) is 2.33. The largest absolute Gasteiger partial charge is 0.478 e. The van der Waals surface area contributed by atoms with Gasteiger partial charge in [0.1, 0.15) is 0 Å². The van der Waals surface area contributed by atoms with E-state index >= 15 is 0 Å². The van der Waals surface area contributed by atoms with Crippen molar-refractivity contribution in [3.8, 4) is 0 Å². The van der Waals surface area contributed by atoms with Gasteiger partial charge in [-0.15, -0.1) is 23.1 Å². The van der Waals surface area contributed by atoms with E-state index in [4.69, 9.17) is 5.11 Å². The van der Waals surface area contributed by atoms with E-state index in [0.29, 0.717) is 16.1 Å². The normalized spacial score (nSPS) is 28.9. The van der Waals surface area contributed by atoms with E-state index in [1.165, 1.54) is 17.7 Å². The van der Waals surface area contributed by atoms with Gasteiger partial charge in [-0.3, -0.25) is 0 Å². The third-order valence-electron chi connectivity index (χ3n) is 2.99. The number of hydrogen-bond acceptors (Lipinski definition) is 3. The van der Waals surface area contributed by atoms with Crippen LogP contribution in [0.5, 0.6) is 0 Å². The molecule has 2 unspecified atom stereocenters. The van der Waals surface area contributed by atoms with E-state index in [1.807, 2.05) is 17.1 Å². The lowest BCUT2D eigenvalue weighted by atomic mass is 10.1. The number of carboxylic acid groups (broad SMARTS) is 1. The first-order chi connectivity index (χ1) is 6.75. The summed E-state index contributed by atoms with van der Waals surface area (Å²) in [5.41, 5.74) is 1.69. The topological polar surface area (TPSA) is 37.3 Å². The number of thioether (sulfide) groups is 1. The summed E-state index contributed by atoms with van der Waals surface area (Å²) in [6, 6.07) is 0. The lowest BCUT2D eigenvalue weighted by Gasteiger charge is -2.19. The van der Waals surface area contributed by atoms with Crippen LogP contribution in [0.3, 0.4) is 0 Å². The Morgan fingerprint density at radius 1 is 1.50 bits per heavy atom. The third-order valence-corrected chi connectivity index (χ3v) is 5.86. The Morgan fingerprint density at radius 3 is 3.14 bits per heavy atom. The molecule has 74 valence electrons. The van der Waals surface area contributed by atoms with E-state index in [9.17, 15) is 4.79 Å². The first-order valence-electron chi connectivity index (χ1n) is 4.74. The van der Waals surface area contributed by atoms with Crippen LogP contribution in [0, 0.1) is 0 Å². The molecule has 1 aromatic rings. The van der Waals surface area contributed by atoms with Gasteiger partial charge in [0.2, 0.25) is 0 Å². The van der Waals surface area contributed by atoms with Crippen molar-refractivity contribution in [3.63, 3.8) is 0 Å². The highest BCUT2D eigenvalue weighted by atomic mass is 32.2.